The molecule has 2 aromatic carbocycles. The van der Waals surface area contributed by atoms with Crippen molar-refractivity contribution in [2.45, 2.75) is 33.1 Å². The Labute approximate surface area is 152 Å². The fourth-order valence-electron chi connectivity index (χ4n) is 2.85. The average molecular weight is 350 g/mol. The van der Waals surface area contributed by atoms with Crippen molar-refractivity contribution < 1.29 is 4.79 Å². The van der Waals surface area contributed by atoms with Crippen LogP contribution in [0.4, 0.5) is 5.69 Å². The number of thiazole rings is 1. The maximum Gasteiger partial charge on any atom is 0.230 e. The second-order valence-corrected chi connectivity index (χ2v) is 6.75. The number of hydrogen-bond acceptors (Lipinski definition) is 3. The average Bonchev–Trinajstić information content (AvgIpc) is 3.11. The van der Waals surface area contributed by atoms with Gasteiger partial charge < -0.3 is 5.32 Å². The summed E-state index contributed by atoms with van der Waals surface area (Å²) in [7, 11) is 0. The van der Waals surface area contributed by atoms with Crippen molar-refractivity contribution in [1.29, 1.82) is 0 Å². The second-order valence-electron chi connectivity index (χ2n) is 5.89. The number of anilines is 1. The number of carbonyl (C=O) groups excluding carboxylic acids is 1. The van der Waals surface area contributed by atoms with E-state index in [2.05, 4.69) is 42.3 Å². The Morgan fingerprint density at radius 1 is 1.00 bits per heavy atom. The lowest BCUT2D eigenvalue weighted by molar-refractivity contribution is -0.115. The molecule has 0 bridgehead atoms. The van der Waals surface area contributed by atoms with Gasteiger partial charge in [-0.3, -0.25) is 4.79 Å². The number of nitrogens with one attached hydrogen (secondary N) is 1. The summed E-state index contributed by atoms with van der Waals surface area (Å²) in [5, 5.41) is 6.02. The molecule has 0 spiro atoms. The van der Waals surface area contributed by atoms with Gasteiger partial charge in [0.05, 0.1) is 12.1 Å². The van der Waals surface area contributed by atoms with E-state index < -0.39 is 0 Å². The number of aryl methyl sites for hydroxylation is 2. The fourth-order valence-corrected chi connectivity index (χ4v) is 3.68. The van der Waals surface area contributed by atoms with E-state index in [-0.39, 0.29) is 5.91 Å². The van der Waals surface area contributed by atoms with Crippen LogP contribution in [-0.2, 0) is 24.1 Å². The van der Waals surface area contributed by atoms with E-state index in [1.807, 2.05) is 35.7 Å². The van der Waals surface area contributed by atoms with E-state index in [0.717, 1.165) is 34.8 Å². The molecule has 0 radical (unpaired) electrons. The van der Waals surface area contributed by atoms with Crippen molar-refractivity contribution in [3.63, 3.8) is 0 Å². The summed E-state index contributed by atoms with van der Waals surface area (Å²) >= 11 is 1.58. The monoisotopic (exact) mass is 350 g/mol. The van der Waals surface area contributed by atoms with E-state index in [4.69, 9.17) is 0 Å². The number of amides is 1. The minimum absolute atomic E-state index is 0.0134. The van der Waals surface area contributed by atoms with Crippen molar-refractivity contribution in [2.75, 3.05) is 5.32 Å². The third-order valence-corrected chi connectivity index (χ3v) is 5.12. The molecule has 0 atom stereocenters. The normalized spacial score (nSPS) is 10.6. The quantitative estimate of drug-likeness (QED) is 0.671. The molecule has 1 aromatic heterocycles. The van der Waals surface area contributed by atoms with Gasteiger partial charge >= 0.3 is 0 Å². The summed E-state index contributed by atoms with van der Waals surface area (Å²) in [5.41, 5.74) is 5.22. The van der Waals surface area contributed by atoms with Crippen LogP contribution in [0.15, 0.2) is 53.9 Å². The van der Waals surface area contributed by atoms with Crippen LogP contribution in [0.3, 0.4) is 0 Å². The molecule has 3 rings (SSSR count). The van der Waals surface area contributed by atoms with Gasteiger partial charge in [-0.1, -0.05) is 62.4 Å². The molecular formula is C21H22N2OS. The first-order valence-corrected chi connectivity index (χ1v) is 9.49. The molecule has 25 heavy (non-hydrogen) atoms. The molecule has 1 heterocycles. The third kappa shape index (κ3) is 4.15. The van der Waals surface area contributed by atoms with E-state index in [1.165, 1.54) is 11.1 Å². The van der Waals surface area contributed by atoms with E-state index in [9.17, 15) is 4.79 Å². The maximum atomic E-state index is 12.5. The Balaban J connectivity index is 1.73. The molecule has 0 aliphatic heterocycles. The van der Waals surface area contributed by atoms with Gasteiger partial charge in [0.2, 0.25) is 5.91 Å². The molecule has 1 amide bonds. The number of rotatable bonds is 6. The lowest BCUT2D eigenvalue weighted by Crippen LogP contribution is -2.17. The zero-order valence-electron chi connectivity index (χ0n) is 14.6. The van der Waals surface area contributed by atoms with Crippen LogP contribution < -0.4 is 5.32 Å². The van der Waals surface area contributed by atoms with E-state index in [0.29, 0.717) is 6.42 Å². The zero-order valence-corrected chi connectivity index (χ0v) is 15.4. The first-order valence-electron chi connectivity index (χ1n) is 8.61. The van der Waals surface area contributed by atoms with Gasteiger partial charge in [-0.2, -0.15) is 0 Å². The van der Waals surface area contributed by atoms with Crippen LogP contribution in [-0.4, -0.2) is 10.9 Å². The lowest BCUT2D eigenvalue weighted by atomic mass is 10.0. The van der Waals surface area contributed by atoms with Crippen LogP contribution in [0.1, 0.15) is 30.7 Å². The summed E-state index contributed by atoms with van der Waals surface area (Å²) in [6, 6.07) is 16.3. The van der Waals surface area contributed by atoms with Gasteiger partial charge in [-0.05, 0) is 24.0 Å². The van der Waals surface area contributed by atoms with Crippen LogP contribution in [0.5, 0.6) is 0 Å². The molecule has 128 valence electrons. The van der Waals surface area contributed by atoms with Crippen LogP contribution in [0, 0.1) is 0 Å². The lowest BCUT2D eigenvalue weighted by Gasteiger charge is -2.14. The molecule has 0 aliphatic rings. The fraction of sp³-hybridized carbons (Fsp3) is 0.238. The standard InChI is InChI=1S/C21H22N2OS/c1-3-15-11-8-12-16(4-2)20(15)23-19(24)13-18-14-25-21(22-18)17-9-6-5-7-10-17/h5-12,14H,3-4,13H2,1-2H3,(H,23,24). The van der Waals surface area contributed by atoms with Crippen molar-refractivity contribution in [3.8, 4) is 10.6 Å². The maximum absolute atomic E-state index is 12.5. The molecular weight excluding hydrogens is 328 g/mol. The predicted molar refractivity (Wildman–Crippen MR) is 105 cm³/mol. The largest absolute Gasteiger partial charge is 0.325 e. The molecule has 4 heteroatoms. The van der Waals surface area contributed by atoms with Gasteiger partial charge in [0.15, 0.2) is 0 Å². The Morgan fingerprint density at radius 2 is 1.68 bits per heavy atom. The van der Waals surface area contributed by atoms with Crippen molar-refractivity contribution in [3.05, 3.63) is 70.7 Å². The highest BCUT2D eigenvalue weighted by molar-refractivity contribution is 7.13. The third-order valence-electron chi connectivity index (χ3n) is 4.18. The molecule has 0 unspecified atom stereocenters. The van der Waals surface area contributed by atoms with Gasteiger partial charge in [0.25, 0.3) is 0 Å². The topological polar surface area (TPSA) is 42.0 Å². The van der Waals surface area contributed by atoms with Crippen LogP contribution in [0.25, 0.3) is 10.6 Å². The zero-order chi connectivity index (χ0) is 17.6. The Kier molecular flexibility index (Phi) is 5.61. The Morgan fingerprint density at radius 3 is 2.32 bits per heavy atom. The number of benzene rings is 2. The number of aromatic nitrogens is 1. The van der Waals surface area contributed by atoms with Crippen LogP contribution in [0.2, 0.25) is 0 Å². The van der Waals surface area contributed by atoms with Gasteiger partial charge in [0, 0.05) is 16.6 Å². The van der Waals surface area contributed by atoms with E-state index >= 15 is 0 Å². The van der Waals surface area contributed by atoms with Crippen molar-refractivity contribution in [1.82, 2.24) is 4.98 Å². The van der Waals surface area contributed by atoms with Gasteiger partial charge in [-0.15, -0.1) is 11.3 Å². The molecule has 0 aliphatic carbocycles. The second kappa shape index (κ2) is 8.08. The Hall–Kier alpha value is -2.46. The summed E-state index contributed by atoms with van der Waals surface area (Å²) in [4.78, 5) is 17.1. The molecule has 3 nitrogen and oxygen atoms in total. The molecule has 3 aromatic rings. The molecule has 0 saturated heterocycles. The van der Waals surface area contributed by atoms with Gasteiger partial charge in [0.1, 0.15) is 5.01 Å². The smallest absolute Gasteiger partial charge is 0.230 e. The molecule has 0 fully saturated rings. The summed E-state index contributed by atoms with van der Waals surface area (Å²) in [6.45, 7) is 4.22. The Bertz CT molecular complexity index is 833. The summed E-state index contributed by atoms with van der Waals surface area (Å²) < 4.78 is 0. The van der Waals surface area contributed by atoms with Gasteiger partial charge in [-0.25, -0.2) is 4.98 Å². The van der Waals surface area contributed by atoms with Crippen LogP contribution >= 0.6 is 11.3 Å². The summed E-state index contributed by atoms with van der Waals surface area (Å²) in [6.07, 6.45) is 2.10. The minimum atomic E-state index is -0.0134. The number of para-hydroxylation sites is 1. The first kappa shape index (κ1) is 17.4. The predicted octanol–water partition coefficient (Wildman–Crippen LogP) is 5.12. The summed E-state index contributed by atoms with van der Waals surface area (Å²) in [5.74, 6) is -0.0134. The highest BCUT2D eigenvalue weighted by atomic mass is 32.1. The molecule has 1 N–H and O–H groups in total. The highest BCUT2D eigenvalue weighted by Crippen LogP contribution is 2.25. The number of carbonyl (C=O) groups is 1. The molecule has 0 saturated carbocycles. The highest BCUT2D eigenvalue weighted by Gasteiger charge is 2.12. The minimum Gasteiger partial charge on any atom is -0.325 e. The number of nitrogens with zero attached hydrogens (tertiary/aromatic N) is 1. The van der Waals surface area contributed by atoms with E-state index in [1.54, 1.807) is 11.3 Å². The van der Waals surface area contributed by atoms with Crippen molar-refractivity contribution >= 4 is 22.9 Å². The van der Waals surface area contributed by atoms with Crippen molar-refractivity contribution in [2.24, 2.45) is 0 Å². The SMILES string of the molecule is CCc1cccc(CC)c1NC(=O)Cc1csc(-c2ccccc2)n1. The number of hydrogen-bond donors (Lipinski definition) is 1. The first-order chi connectivity index (χ1) is 12.2.